The van der Waals surface area contributed by atoms with Crippen LogP contribution in [0.2, 0.25) is 0 Å². The molecule has 1 amide bonds. The molecule has 0 aromatic heterocycles. The summed E-state index contributed by atoms with van der Waals surface area (Å²) in [5.41, 5.74) is 0. The van der Waals surface area contributed by atoms with Gasteiger partial charge < -0.3 is 5.32 Å². The second-order valence-electron chi connectivity index (χ2n) is 4.27. The van der Waals surface area contributed by atoms with Crippen molar-refractivity contribution in [2.75, 3.05) is 26.2 Å². The van der Waals surface area contributed by atoms with E-state index < -0.39 is 0 Å². The fraction of sp³-hybridized carbons (Fsp3) is 0.900. The number of carbonyl (C=O) groups is 1. The third-order valence-corrected chi connectivity index (χ3v) is 3.59. The maximum Gasteiger partial charge on any atom is 0.314 e. The molecule has 0 saturated carbocycles. The van der Waals surface area contributed by atoms with Gasteiger partial charge in [0.1, 0.15) is 6.04 Å². The van der Waals surface area contributed by atoms with Crippen LogP contribution in [0, 0.1) is 0 Å². The van der Waals surface area contributed by atoms with E-state index in [0.29, 0.717) is 11.9 Å². The summed E-state index contributed by atoms with van der Waals surface area (Å²) in [6.45, 7) is 6.29. The fourth-order valence-corrected chi connectivity index (χ4v) is 2.63. The van der Waals surface area contributed by atoms with E-state index in [4.69, 9.17) is 0 Å². The minimum Gasteiger partial charge on any atom is -0.306 e. The molecule has 1 N–H and O–H groups in total. The maximum absolute atomic E-state index is 11.9. The number of hydrogen-bond acceptors (Lipinski definition) is 2. The zero-order valence-electron chi connectivity index (χ0n) is 8.38. The molecular formula is C10H19N2O+. The monoisotopic (exact) mass is 183 g/mol. The number of piperazine rings is 1. The Morgan fingerprint density at radius 3 is 2.92 bits per heavy atom. The molecule has 2 saturated heterocycles. The Kier molecular flexibility index (Phi) is 2.39. The number of carbonyl (C=O) groups excluding carboxylic acids is 1. The van der Waals surface area contributed by atoms with E-state index >= 15 is 0 Å². The molecule has 74 valence electrons. The zero-order valence-corrected chi connectivity index (χ0v) is 8.38. The average Bonchev–Trinajstić information content (AvgIpc) is 2.08. The van der Waals surface area contributed by atoms with Crippen LogP contribution in [-0.2, 0) is 4.79 Å². The van der Waals surface area contributed by atoms with E-state index in [9.17, 15) is 4.79 Å². The fourth-order valence-electron chi connectivity index (χ4n) is 2.63. The van der Waals surface area contributed by atoms with Crippen molar-refractivity contribution >= 4 is 5.91 Å². The Morgan fingerprint density at radius 2 is 2.38 bits per heavy atom. The Morgan fingerprint density at radius 1 is 1.54 bits per heavy atom. The molecule has 2 aliphatic heterocycles. The van der Waals surface area contributed by atoms with Gasteiger partial charge in [0.15, 0.2) is 0 Å². The van der Waals surface area contributed by atoms with Gasteiger partial charge in [-0.05, 0) is 6.42 Å². The van der Waals surface area contributed by atoms with E-state index in [1.807, 2.05) is 0 Å². The molecule has 0 radical (unpaired) electrons. The van der Waals surface area contributed by atoms with Crippen molar-refractivity contribution in [3.8, 4) is 0 Å². The number of nitrogens with zero attached hydrogens (tertiary/aromatic N) is 1. The van der Waals surface area contributed by atoms with Crippen LogP contribution in [0.1, 0.15) is 26.2 Å². The molecule has 0 aromatic rings. The van der Waals surface area contributed by atoms with Crippen molar-refractivity contribution < 1.29 is 9.28 Å². The normalized spacial score (nSPS) is 37.8. The van der Waals surface area contributed by atoms with Crippen LogP contribution < -0.4 is 5.32 Å². The number of nitrogens with one attached hydrogen (secondary N) is 1. The van der Waals surface area contributed by atoms with Gasteiger partial charge in [-0.2, -0.15) is 0 Å². The Labute approximate surface area is 79.7 Å². The van der Waals surface area contributed by atoms with Gasteiger partial charge in [-0.25, -0.2) is 4.79 Å². The summed E-state index contributed by atoms with van der Waals surface area (Å²) in [7, 11) is 0. The van der Waals surface area contributed by atoms with Crippen LogP contribution in [0.15, 0.2) is 0 Å². The van der Waals surface area contributed by atoms with Crippen molar-refractivity contribution in [2.24, 2.45) is 0 Å². The predicted molar refractivity (Wildman–Crippen MR) is 51.2 cm³/mol. The molecule has 0 bridgehead atoms. The molecule has 0 aromatic carbocycles. The van der Waals surface area contributed by atoms with E-state index in [1.165, 1.54) is 6.42 Å². The van der Waals surface area contributed by atoms with Gasteiger partial charge in [0.05, 0.1) is 25.9 Å². The molecule has 2 unspecified atom stereocenters. The number of hydrogen-bond donors (Lipinski definition) is 1. The highest BCUT2D eigenvalue weighted by Gasteiger charge is 2.52. The molecule has 3 nitrogen and oxygen atoms in total. The van der Waals surface area contributed by atoms with Crippen LogP contribution in [0.3, 0.4) is 0 Å². The summed E-state index contributed by atoms with van der Waals surface area (Å²) in [5.74, 6) is 0.486. The van der Waals surface area contributed by atoms with E-state index in [2.05, 4.69) is 12.2 Å². The Hall–Kier alpha value is -0.410. The summed E-state index contributed by atoms with van der Waals surface area (Å²) >= 11 is 0. The summed E-state index contributed by atoms with van der Waals surface area (Å²) in [6, 6.07) is 0.604. The van der Waals surface area contributed by atoms with Crippen molar-refractivity contribution in [3.63, 3.8) is 0 Å². The molecule has 13 heavy (non-hydrogen) atoms. The van der Waals surface area contributed by atoms with Gasteiger partial charge in [0.25, 0.3) is 0 Å². The van der Waals surface area contributed by atoms with Crippen molar-refractivity contribution in [1.29, 1.82) is 0 Å². The topological polar surface area (TPSA) is 29.1 Å². The molecule has 2 aliphatic rings. The first-order chi connectivity index (χ1) is 6.29. The summed E-state index contributed by atoms with van der Waals surface area (Å²) in [5, 5.41) is 3.37. The first kappa shape index (κ1) is 9.16. The minimum atomic E-state index is 0.486. The third-order valence-electron chi connectivity index (χ3n) is 3.59. The first-order valence-electron chi connectivity index (χ1n) is 5.40. The predicted octanol–water partition coefficient (Wildman–Crippen LogP) is 0.505. The molecule has 2 fully saturated rings. The highest BCUT2D eigenvalue weighted by atomic mass is 16.2. The van der Waals surface area contributed by atoms with Crippen molar-refractivity contribution in [1.82, 2.24) is 5.32 Å². The van der Waals surface area contributed by atoms with Crippen molar-refractivity contribution in [2.45, 2.75) is 32.2 Å². The van der Waals surface area contributed by atoms with E-state index in [0.717, 1.165) is 43.5 Å². The van der Waals surface area contributed by atoms with Crippen LogP contribution >= 0.6 is 0 Å². The zero-order chi connectivity index (χ0) is 9.31. The van der Waals surface area contributed by atoms with Gasteiger partial charge in [0.2, 0.25) is 0 Å². The molecule has 2 heterocycles. The highest BCUT2D eigenvalue weighted by Crippen LogP contribution is 2.31. The second kappa shape index (κ2) is 3.39. The Balaban J connectivity index is 2.05. The largest absolute Gasteiger partial charge is 0.314 e. The maximum atomic E-state index is 11.9. The van der Waals surface area contributed by atoms with Crippen LogP contribution in [-0.4, -0.2) is 42.6 Å². The smallest absolute Gasteiger partial charge is 0.306 e. The summed E-state index contributed by atoms with van der Waals surface area (Å²) < 4.78 is 0.806. The number of amides is 1. The molecular weight excluding hydrogens is 164 g/mol. The van der Waals surface area contributed by atoms with Gasteiger partial charge >= 0.3 is 5.91 Å². The molecule has 2 rings (SSSR count). The number of rotatable bonds is 2. The molecule has 2 atom stereocenters. The minimum absolute atomic E-state index is 0.486. The quantitative estimate of drug-likeness (QED) is 0.632. The lowest BCUT2D eigenvalue weighted by Gasteiger charge is -2.52. The van der Waals surface area contributed by atoms with Crippen LogP contribution in [0.4, 0.5) is 0 Å². The van der Waals surface area contributed by atoms with Crippen LogP contribution in [0.5, 0.6) is 0 Å². The molecule has 0 spiro atoms. The van der Waals surface area contributed by atoms with E-state index in [-0.39, 0.29) is 0 Å². The second-order valence-corrected chi connectivity index (χ2v) is 4.27. The van der Waals surface area contributed by atoms with Gasteiger partial charge in [-0.1, -0.05) is 6.92 Å². The highest BCUT2D eigenvalue weighted by molar-refractivity contribution is 5.69. The van der Waals surface area contributed by atoms with E-state index in [1.54, 1.807) is 0 Å². The SMILES string of the molecule is CCCC(=O)[N+]12CCNCC1CC2. The lowest BCUT2D eigenvalue weighted by molar-refractivity contribution is -0.922. The van der Waals surface area contributed by atoms with Crippen LogP contribution in [0.25, 0.3) is 0 Å². The molecule has 3 heteroatoms. The van der Waals surface area contributed by atoms with Gasteiger partial charge in [-0.15, -0.1) is 0 Å². The van der Waals surface area contributed by atoms with Gasteiger partial charge in [0, 0.05) is 13.1 Å². The average molecular weight is 183 g/mol. The third kappa shape index (κ3) is 1.30. The number of fused-ring (bicyclic) bond motifs is 1. The van der Waals surface area contributed by atoms with Gasteiger partial charge in [-0.3, -0.25) is 4.48 Å². The Bertz CT molecular complexity index is 217. The summed E-state index contributed by atoms with van der Waals surface area (Å²) in [6.07, 6.45) is 3.01. The first-order valence-corrected chi connectivity index (χ1v) is 5.40. The lowest BCUT2D eigenvalue weighted by Crippen LogP contribution is -2.74. The standard InChI is InChI=1S/C10H19N2O/c1-2-3-10(13)12-6-4-9(12)8-11-5-7-12/h9,11H,2-8H2,1H3/q+1. The molecule has 0 aliphatic carbocycles. The lowest BCUT2D eigenvalue weighted by atomic mass is 9.93. The van der Waals surface area contributed by atoms with Crippen molar-refractivity contribution in [3.05, 3.63) is 0 Å². The number of quaternary nitrogens is 1. The summed E-state index contributed by atoms with van der Waals surface area (Å²) in [4.78, 5) is 11.9.